The molecule has 0 saturated carbocycles. The maximum Gasteiger partial charge on any atom is 0.272 e. The van der Waals surface area contributed by atoms with E-state index >= 15 is 0 Å². The fourth-order valence-electron chi connectivity index (χ4n) is 2.68. The van der Waals surface area contributed by atoms with Crippen LogP contribution in [0.4, 0.5) is 17.1 Å². The van der Waals surface area contributed by atoms with Gasteiger partial charge in [0.05, 0.1) is 5.69 Å². The van der Waals surface area contributed by atoms with Gasteiger partial charge in [-0.25, -0.2) is 0 Å². The molecule has 0 bridgehead atoms. The number of nitrogens with two attached hydrogens (primary N) is 1. The molecule has 0 aliphatic carbocycles. The van der Waals surface area contributed by atoms with E-state index in [0.29, 0.717) is 17.1 Å². The number of hydrogen-bond acceptors (Lipinski definition) is 3. The van der Waals surface area contributed by atoms with Gasteiger partial charge in [0.15, 0.2) is 0 Å². The fourth-order valence-corrected chi connectivity index (χ4v) is 2.68. The molecule has 0 spiro atoms. The number of rotatable bonds is 4. The molecule has 3 rings (SSSR count). The number of benzene rings is 2. The van der Waals surface area contributed by atoms with Crippen LogP contribution in [0.1, 0.15) is 17.4 Å². The number of amides is 2. The summed E-state index contributed by atoms with van der Waals surface area (Å²) in [6, 6.07) is 16.8. The predicted molar refractivity (Wildman–Crippen MR) is 104 cm³/mol. The molecule has 26 heavy (non-hydrogen) atoms. The molecule has 2 aromatic carbocycles. The number of hydrogen-bond donors (Lipinski definition) is 3. The Hall–Kier alpha value is -3.54. The molecule has 3 aromatic rings. The normalized spacial score (nSPS) is 10.4. The molecule has 0 aliphatic rings. The molecule has 1 heterocycles. The van der Waals surface area contributed by atoms with Gasteiger partial charge in [0, 0.05) is 31.5 Å². The number of nitrogens with zero attached hydrogens (tertiary/aromatic N) is 1. The standard InChI is InChI=1S/C20H20N4O2/c1-13(25)22-18-11-19(24(2)12-18)20(26)23-17-9-5-15(6-10-17)14-3-7-16(21)8-4-14/h3-12H,21H2,1-2H3,(H,22,25)(H,23,26). The number of anilines is 3. The first-order valence-electron chi connectivity index (χ1n) is 8.13. The minimum Gasteiger partial charge on any atom is -0.399 e. The monoisotopic (exact) mass is 348 g/mol. The van der Waals surface area contributed by atoms with Crippen molar-refractivity contribution in [2.45, 2.75) is 6.92 Å². The second-order valence-corrected chi connectivity index (χ2v) is 6.06. The summed E-state index contributed by atoms with van der Waals surface area (Å²) in [7, 11) is 1.75. The maximum absolute atomic E-state index is 12.5. The molecule has 0 radical (unpaired) electrons. The van der Waals surface area contributed by atoms with Crippen LogP contribution >= 0.6 is 0 Å². The van der Waals surface area contributed by atoms with Crippen molar-refractivity contribution in [1.29, 1.82) is 0 Å². The number of aryl methyl sites for hydroxylation is 1. The minimum absolute atomic E-state index is 0.180. The van der Waals surface area contributed by atoms with E-state index in [1.54, 1.807) is 23.9 Å². The smallest absolute Gasteiger partial charge is 0.272 e. The molecule has 0 fully saturated rings. The highest BCUT2D eigenvalue weighted by atomic mass is 16.2. The van der Waals surface area contributed by atoms with Crippen LogP contribution in [0.2, 0.25) is 0 Å². The Morgan fingerprint density at radius 3 is 2.04 bits per heavy atom. The van der Waals surface area contributed by atoms with Gasteiger partial charge in [-0.1, -0.05) is 24.3 Å². The van der Waals surface area contributed by atoms with Crippen LogP contribution in [0.15, 0.2) is 60.8 Å². The molecule has 0 aliphatic heterocycles. The van der Waals surface area contributed by atoms with Crippen LogP contribution in [-0.2, 0) is 11.8 Å². The molecular weight excluding hydrogens is 328 g/mol. The van der Waals surface area contributed by atoms with Crippen molar-refractivity contribution in [1.82, 2.24) is 4.57 Å². The molecule has 0 atom stereocenters. The van der Waals surface area contributed by atoms with Crippen molar-refractivity contribution in [2.24, 2.45) is 7.05 Å². The van der Waals surface area contributed by atoms with Crippen molar-refractivity contribution in [3.63, 3.8) is 0 Å². The van der Waals surface area contributed by atoms with E-state index in [4.69, 9.17) is 5.73 Å². The lowest BCUT2D eigenvalue weighted by Crippen LogP contribution is -2.15. The molecule has 4 N–H and O–H groups in total. The summed E-state index contributed by atoms with van der Waals surface area (Å²) >= 11 is 0. The van der Waals surface area contributed by atoms with Gasteiger partial charge in [-0.2, -0.15) is 0 Å². The van der Waals surface area contributed by atoms with Crippen molar-refractivity contribution >= 4 is 28.9 Å². The lowest BCUT2D eigenvalue weighted by molar-refractivity contribution is -0.114. The first-order chi connectivity index (χ1) is 12.4. The lowest BCUT2D eigenvalue weighted by atomic mass is 10.1. The Balaban J connectivity index is 1.72. The Morgan fingerprint density at radius 2 is 1.46 bits per heavy atom. The van der Waals surface area contributed by atoms with Gasteiger partial charge in [0.2, 0.25) is 5.91 Å². The summed E-state index contributed by atoms with van der Waals surface area (Å²) in [5.41, 5.74) is 10.3. The van der Waals surface area contributed by atoms with E-state index in [2.05, 4.69) is 10.6 Å². The number of nitrogen functional groups attached to an aromatic ring is 1. The van der Waals surface area contributed by atoms with Gasteiger partial charge < -0.3 is 20.9 Å². The van der Waals surface area contributed by atoms with Gasteiger partial charge in [0.25, 0.3) is 5.91 Å². The predicted octanol–water partition coefficient (Wildman–Crippen LogP) is 3.49. The summed E-state index contributed by atoms with van der Waals surface area (Å²) in [6.45, 7) is 1.43. The number of nitrogens with one attached hydrogen (secondary N) is 2. The molecule has 1 aromatic heterocycles. The Morgan fingerprint density at radius 1 is 0.885 bits per heavy atom. The average molecular weight is 348 g/mol. The van der Waals surface area contributed by atoms with Gasteiger partial charge in [-0.05, 0) is 41.5 Å². The summed E-state index contributed by atoms with van der Waals surface area (Å²) in [5.74, 6) is -0.426. The zero-order valence-electron chi connectivity index (χ0n) is 14.6. The number of carbonyl (C=O) groups is 2. The van der Waals surface area contributed by atoms with Gasteiger partial charge >= 0.3 is 0 Å². The van der Waals surface area contributed by atoms with Crippen LogP contribution < -0.4 is 16.4 Å². The van der Waals surface area contributed by atoms with E-state index in [-0.39, 0.29) is 11.8 Å². The largest absolute Gasteiger partial charge is 0.399 e. The quantitative estimate of drug-likeness (QED) is 0.631. The van der Waals surface area contributed by atoms with Crippen molar-refractivity contribution < 1.29 is 9.59 Å². The van der Waals surface area contributed by atoms with Crippen molar-refractivity contribution in [2.75, 3.05) is 16.4 Å². The van der Waals surface area contributed by atoms with Gasteiger partial charge in [-0.3, -0.25) is 9.59 Å². The van der Waals surface area contributed by atoms with Crippen LogP contribution in [0.25, 0.3) is 11.1 Å². The second-order valence-electron chi connectivity index (χ2n) is 6.06. The van der Waals surface area contributed by atoms with Crippen molar-refractivity contribution in [3.8, 4) is 11.1 Å². The van der Waals surface area contributed by atoms with E-state index < -0.39 is 0 Å². The minimum atomic E-state index is -0.246. The zero-order chi connectivity index (χ0) is 18.7. The average Bonchev–Trinajstić information content (AvgIpc) is 2.96. The first kappa shape index (κ1) is 17.3. The van der Waals surface area contributed by atoms with Crippen molar-refractivity contribution in [3.05, 3.63) is 66.5 Å². The fraction of sp³-hybridized carbons (Fsp3) is 0.100. The van der Waals surface area contributed by atoms with Crippen LogP contribution in [0.3, 0.4) is 0 Å². The van der Waals surface area contributed by atoms with Crippen LogP contribution in [0, 0.1) is 0 Å². The van der Waals surface area contributed by atoms with E-state index in [0.717, 1.165) is 16.8 Å². The lowest BCUT2D eigenvalue weighted by Gasteiger charge is -2.07. The highest BCUT2D eigenvalue weighted by molar-refractivity contribution is 6.04. The second kappa shape index (κ2) is 7.14. The number of aromatic nitrogens is 1. The maximum atomic E-state index is 12.5. The van der Waals surface area contributed by atoms with Gasteiger partial charge in [0.1, 0.15) is 5.69 Å². The molecular formula is C20H20N4O2. The van der Waals surface area contributed by atoms with E-state index in [1.807, 2.05) is 48.5 Å². The Labute approximate surface area is 151 Å². The molecule has 132 valence electrons. The topological polar surface area (TPSA) is 89.2 Å². The Kier molecular flexibility index (Phi) is 4.75. The molecule has 2 amide bonds. The molecule has 6 nitrogen and oxygen atoms in total. The summed E-state index contributed by atoms with van der Waals surface area (Å²) in [6.07, 6.45) is 1.69. The summed E-state index contributed by atoms with van der Waals surface area (Å²) in [4.78, 5) is 23.6. The molecule has 6 heteroatoms. The zero-order valence-corrected chi connectivity index (χ0v) is 14.6. The number of carbonyl (C=O) groups excluding carboxylic acids is 2. The SMILES string of the molecule is CC(=O)Nc1cc(C(=O)Nc2ccc(-c3ccc(N)cc3)cc2)n(C)c1. The van der Waals surface area contributed by atoms with Gasteiger partial charge in [-0.15, -0.1) is 0 Å². The van der Waals surface area contributed by atoms with Crippen LogP contribution in [0.5, 0.6) is 0 Å². The van der Waals surface area contributed by atoms with Crippen LogP contribution in [-0.4, -0.2) is 16.4 Å². The molecule has 0 saturated heterocycles. The molecule has 0 unspecified atom stereocenters. The third kappa shape index (κ3) is 3.92. The summed E-state index contributed by atoms with van der Waals surface area (Å²) < 4.78 is 1.67. The highest BCUT2D eigenvalue weighted by Crippen LogP contribution is 2.23. The Bertz CT molecular complexity index is 941. The van der Waals surface area contributed by atoms with E-state index in [1.165, 1.54) is 6.92 Å². The highest BCUT2D eigenvalue weighted by Gasteiger charge is 2.13. The summed E-state index contributed by atoms with van der Waals surface area (Å²) in [5, 5.41) is 5.53. The first-order valence-corrected chi connectivity index (χ1v) is 8.13. The van der Waals surface area contributed by atoms with E-state index in [9.17, 15) is 9.59 Å². The third-order valence-electron chi connectivity index (χ3n) is 3.94. The third-order valence-corrected chi connectivity index (χ3v) is 3.94.